The fraction of sp³-hybridized carbons (Fsp3) is 0.500. The first-order chi connectivity index (χ1) is 7.68. The third-order valence-electron chi connectivity index (χ3n) is 2.82. The highest BCUT2D eigenvalue weighted by atomic mass is 79.9. The highest BCUT2D eigenvalue weighted by Crippen LogP contribution is 2.19. The Morgan fingerprint density at radius 2 is 2.06 bits per heavy atom. The zero-order valence-electron chi connectivity index (χ0n) is 9.37. The second-order valence-corrected chi connectivity index (χ2v) is 5.05. The van der Waals surface area contributed by atoms with Gasteiger partial charge in [0.2, 0.25) is 0 Å². The highest BCUT2D eigenvalue weighted by Gasteiger charge is 2.21. The number of amides is 1. The van der Waals surface area contributed by atoms with Gasteiger partial charge in [0, 0.05) is 23.8 Å². The van der Waals surface area contributed by atoms with Crippen LogP contribution in [-0.2, 0) is 0 Å². The zero-order valence-corrected chi connectivity index (χ0v) is 11.0. The van der Waals surface area contributed by atoms with Gasteiger partial charge in [-0.25, -0.2) is 4.98 Å². The maximum Gasteiger partial charge on any atom is 0.273 e. The van der Waals surface area contributed by atoms with Crippen LogP contribution < -0.4 is 0 Å². The van der Waals surface area contributed by atoms with E-state index in [2.05, 4.69) is 20.9 Å². The number of hydrogen-bond donors (Lipinski definition) is 0. The molecule has 0 aromatic carbocycles. The zero-order chi connectivity index (χ0) is 11.5. The molecule has 0 bridgehead atoms. The number of aromatic nitrogens is 1. The van der Waals surface area contributed by atoms with Crippen LogP contribution >= 0.6 is 15.9 Å². The third-order valence-corrected chi connectivity index (χ3v) is 3.43. The molecule has 3 nitrogen and oxygen atoms in total. The maximum atomic E-state index is 12.2. The Morgan fingerprint density at radius 3 is 2.69 bits per heavy atom. The first-order valence-electron chi connectivity index (χ1n) is 5.60. The number of carbonyl (C=O) groups excluding carboxylic acids is 1. The molecule has 1 aromatic heterocycles. The molecule has 1 fully saturated rings. The number of rotatable bonds is 1. The maximum absolute atomic E-state index is 12.2. The van der Waals surface area contributed by atoms with Crippen molar-refractivity contribution in [3.63, 3.8) is 0 Å². The summed E-state index contributed by atoms with van der Waals surface area (Å²) in [6, 6.07) is 1.93. The molecule has 0 aliphatic carbocycles. The first-order valence-corrected chi connectivity index (χ1v) is 6.39. The predicted molar refractivity (Wildman–Crippen MR) is 66.4 cm³/mol. The van der Waals surface area contributed by atoms with Gasteiger partial charge in [-0.1, -0.05) is 0 Å². The van der Waals surface area contributed by atoms with Crippen molar-refractivity contribution in [3.8, 4) is 0 Å². The van der Waals surface area contributed by atoms with E-state index in [9.17, 15) is 4.79 Å². The van der Waals surface area contributed by atoms with E-state index in [1.807, 2.05) is 17.9 Å². The lowest BCUT2D eigenvalue weighted by Gasteiger charge is -2.26. The Balaban J connectivity index is 2.19. The highest BCUT2D eigenvalue weighted by molar-refractivity contribution is 9.10. The van der Waals surface area contributed by atoms with Crippen molar-refractivity contribution in [2.24, 2.45) is 0 Å². The van der Waals surface area contributed by atoms with Crippen LogP contribution in [0.3, 0.4) is 0 Å². The number of likely N-dealkylation sites (tertiary alicyclic amines) is 1. The summed E-state index contributed by atoms with van der Waals surface area (Å²) in [5.41, 5.74) is 1.59. The quantitative estimate of drug-likeness (QED) is 0.794. The van der Waals surface area contributed by atoms with Crippen LogP contribution in [0.15, 0.2) is 16.7 Å². The van der Waals surface area contributed by atoms with E-state index < -0.39 is 0 Å². The lowest BCUT2D eigenvalue weighted by atomic mass is 10.1. The summed E-state index contributed by atoms with van der Waals surface area (Å²) in [5.74, 6) is 0.0478. The van der Waals surface area contributed by atoms with Gasteiger partial charge < -0.3 is 4.90 Å². The minimum atomic E-state index is 0.0478. The normalized spacial score (nSPS) is 16.2. The number of carbonyl (C=O) groups is 1. The molecule has 0 radical (unpaired) electrons. The summed E-state index contributed by atoms with van der Waals surface area (Å²) >= 11 is 3.40. The predicted octanol–water partition coefficient (Wildman–Crippen LogP) is 2.78. The summed E-state index contributed by atoms with van der Waals surface area (Å²) in [6.45, 7) is 3.69. The molecule has 16 heavy (non-hydrogen) atoms. The standard InChI is InChI=1S/C12H15BrN2O/c1-9-7-10(13)11(14-8-9)12(16)15-5-3-2-4-6-15/h7-8H,2-6H2,1H3. The summed E-state index contributed by atoms with van der Waals surface area (Å²) < 4.78 is 0.795. The second kappa shape index (κ2) is 4.95. The van der Waals surface area contributed by atoms with Crippen LogP contribution in [0.2, 0.25) is 0 Å². The Bertz CT molecular complexity index is 400. The number of aryl methyl sites for hydroxylation is 1. The van der Waals surface area contributed by atoms with Gasteiger partial charge >= 0.3 is 0 Å². The van der Waals surface area contributed by atoms with Gasteiger partial charge in [0.1, 0.15) is 5.69 Å². The fourth-order valence-electron chi connectivity index (χ4n) is 1.94. The number of hydrogen-bond acceptors (Lipinski definition) is 2. The van der Waals surface area contributed by atoms with Crippen molar-refractivity contribution >= 4 is 21.8 Å². The molecule has 1 aliphatic rings. The van der Waals surface area contributed by atoms with Crippen molar-refractivity contribution in [1.82, 2.24) is 9.88 Å². The molecule has 0 atom stereocenters. The van der Waals surface area contributed by atoms with Crippen molar-refractivity contribution in [2.45, 2.75) is 26.2 Å². The monoisotopic (exact) mass is 282 g/mol. The molecule has 0 unspecified atom stereocenters. The number of halogens is 1. The Kier molecular flexibility index (Phi) is 3.59. The average molecular weight is 283 g/mol. The van der Waals surface area contributed by atoms with Crippen molar-refractivity contribution in [1.29, 1.82) is 0 Å². The van der Waals surface area contributed by atoms with Gasteiger partial charge in [0.05, 0.1) is 0 Å². The molecule has 4 heteroatoms. The van der Waals surface area contributed by atoms with Gasteiger partial charge in [-0.15, -0.1) is 0 Å². The molecular weight excluding hydrogens is 268 g/mol. The van der Waals surface area contributed by atoms with Gasteiger partial charge in [-0.3, -0.25) is 4.79 Å². The fourth-order valence-corrected chi connectivity index (χ4v) is 2.57. The SMILES string of the molecule is Cc1cnc(C(=O)N2CCCCC2)c(Br)c1. The van der Waals surface area contributed by atoms with Crippen LogP contribution in [0.4, 0.5) is 0 Å². The number of pyridine rings is 1. The minimum absolute atomic E-state index is 0.0478. The van der Waals surface area contributed by atoms with Crippen LogP contribution in [-0.4, -0.2) is 28.9 Å². The van der Waals surface area contributed by atoms with Crippen molar-refractivity contribution in [3.05, 3.63) is 28.0 Å². The Labute approximate surface area is 104 Å². The van der Waals surface area contributed by atoms with Crippen LogP contribution in [0.5, 0.6) is 0 Å². The lowest BCUT2D eigenvalue weighted by molar-refractivity contribution is 0.0717. The van der Waals surface area contributed by atoms with E-state index in [1.54, 1.807) is 6.20 Å². The lowest BCUT2D eigenvalue weighted by Crippen LogP contribution is -2.36. The Morgan fingerprint density at radius 1 is 1.38 bits per heavy atom. The molecule has 1 aromatic rings. The van der Waals surface area contributed by atoms with Crippen molar-refractivity contribution in [2.75, 3.05) is 13.1 Å². The smallest absolute Gasteiger partial charge is 0.273 e. The molecular formula is C12H15BrN2O. The van der Waals surface area contributed by atoms with Gasteiger partial charge in [0.25, 0.3) is 5.91 Å². The van der Waals surface area contributed by atoms with E-state index in [-0.39, 0.29) is 5.91 Å². The third kappa shape index (κ3) is 2.43. The largest absolute Gasteiger partial charge is 0.337 e. The van der Waals surface area contributed by atoms with Crippen molar-refractivity contribution < 1.29 is 4.79 Å². The van der Waals surface area contributed by atoms with Gasteiger partial charge in [0.15, 0.2) is 0 Å². The molecule has 1 amide bonds. The first kappa shape index (κ1) is 11.6. The van der Waals surface area contributed by atoms with E-state index in [0.29, 0.717) is 5.69 Å². The van der Waals surface area contributed by atoms with E-state index in [4.69, 9.17) is 0 Å². The second-order valence-electron chi connectivity index (χ2n) is 4.20. The molecule has 0 N–H and O–H groups in total. The summed E-state index contributed by atoms with van der Waals surface area (Å²) in [4.78, 5) is 18.3. The molecule has 1 saturated heterocycles. The van der Waals surface area contributed by atoms with E-state index in [0.717, 1.165) is 36.0 Å². The van der Waals surface area contributed by atoms with Crippen LogP contribution in [0.25, 0.3) is 0 Å². The summed E-state index contributed by atoms with van der Waals surface area (Å²) in [7, 11) is 0. The molecule has 1 aliphatic heterocycles. The summed E-state index contributed by atoms with van der Waals surface area (Å²) in [5, 5.41) is 0. The van der Waals surface area contributed by atoms with Gasteiger partial charge in [-0.2, -0.15) is 0 Å². The van der Waals surface area contributed by atoms with Gasteiger partial charge in [-0.05, 0) is 53.7 Å². The van der Waals surface area contributed by atoms with E-state index in [1.165, 1.54) is 6.42 Å². The van der Waals surface area contributed by atoms with E-state index >= 15 is 0 Å². The number of nitrogens with zero attached hydrogens (tertiary/aromatic N) is 2. The van der Waals surface area contributed by atoms with Crippen LogP contribution in [0.1, 0.15) is 35.3 Å². The number of piperidine rings is 1. The van der Waals surface area contributed by atoms with Crippen LogP contribution in [0, 0.1) is 6.92 Å². The summed E-state index contributed by atoms with van der Waals surface area (Å²) in [6.07, 6.45) is 5.18. The topological polar surface area (TPSA) is 33.2 Å². The minimum Gasteiger partial charge on any atom is -0.337 e. The molecule has 2 rings (SSSR count). The molecule has 2 heterocycles. The Hall–Kier alpha value is -0.900. The average Bonchev–Trinajstić information content (AvgIpc) is 2.29. The molecule has 0 saturated carbocycles. The molecule has 86 valence electrons. The molecule has 0 spiro atoms.